The van der Waals surface area contributed by atoms with Crippen molar-refractivity contribution >= 4 is 105 Å². The lowest BCUT2D eigenvalue weighted by atomic mass is 10.0. The molecule has 0 bridgehead atoms. The number of carbonyl (C=O) groups excluding carboxylic acids is 2. The topological polar surface area (TPSA) is 160 Å². The summed E-state index contributed by atoms with van der Waals surface area (Å²) < 4.78 is 11.3. The van der Waals surface area contributed by atoms with Gasteiger partial charge in [-0.15, -0.1) is 9.24 Å². The maximum absolute atomic E-state index is 13.0. The highest BCUT2D eigenvalue weighted by Gasteiger charge is 2.26. The largest absolute Gasteiger partial charge is 0.492 e. The highest BCUT2D eigenvalue weighted by atomic mass is 79.9. The molecule has 340 valence electrons. The van der Waals surface area contributed by atoms with Crippen molar-refractivity contribution in [1.29, 1.82) is 0 Å². The summed E-state index contributed by atoms with van der Waals surface area (Å²) in [5.41, 5.74) is 18.3. The number of thiazole rings is 1. The molecule has 0 aliphatic heterocycles. The zero-order valence-corrected chi connectivity index (χ0v) is 41.9. The minimum atomic E-state index is -0.0785. The molecule has 2 fully saturated rings. The number of halogens is 1. The number of thioether (sulfide) groups is 1. The Morgan fingerprint density at radius 2 is 1.36 bits per heavy atom. The number of likely N-dealkylation sites (N-methyl/N-ethyl adjacent to an activating group) is 2. The van der Waals surface area contributed by atoms with E-state index in [4.69, 9.17) is 33.2 Å². The molecular weight excluding hydrogens is 948 g/mol. The van der Waals surface area contributed by atoms with Crippen LogP contribution < -0.4 is 31.6 Å². The number of amidine groups is 1. The number of thiocarbonyl (C=S) groups is 1. The first-order chi connectivity index (χ1) is 30.8. The number of rotatable bonds is 18. The van der Waals surface area contributed by atoms with Gasteiger partial charge in [0.25, 0.3) is 0 Å². The first-order valence-corrected chi connectivity index (χ1v) is 25.1. The van der Waals surface area contributed by atoms with Gasteiger partial charge < -0.3 is 41.4 Å². The van der Waals surface area contributed by atoms with Crippen LogP contribution in [0.15, 0.2) is 102 Å². The van der Waals surface area contributed by atoms with E-state index in [0.29, 0.717) is 50.3 Å². The van der Waals surface area contributed by atoms with Gasteiger partial charge in [-0.2, -0.15) is 4.99 Å². The van der Waals surface area contributed by atoms with Crippen LogP contribution in [0.25, 0.3) is 0 Å². The average Bonchev–Trinajstić information content (AvgIpc) is 4.23. The maximum Gasteiger partial charge on any atom is 0.206 e. The van der Waals surface area contributed by atoms with E-state index in [1.54, 1.807) is 0 Å². The van der Waals surface area contributed by atoms with Crippen LogP contribution in [0.5, 0.6) is 11.5 Å². The van der Waals surface area contributed by atoms with Crippen LogP contribution in [0, 0.1) is 0 Å². The third-order valence-corrected chi connectivity index (χ3v) is 12.4. The molecule has 0 saturated heterocycles. The standard InChI is InChI=1S/C23H26N4O2S.C13H21N4OPS2.C11H11BrO/c1-27(2)12-13-29-19-10-8-18(9-11-19)25-23-26-22(24)21(30-23)20(28)17-5-3-4-16(14-17)15-6-7-15;1-17(2)7-8-18-11-5-3-10(4-6-11)15-13(20)16-12(14)21-9-19;12-7-11(13)10-3-1-2-9(6-10)8-4-5-8/h3-5,8-11,14-15H,6-7,12-13,24H2,1-2H3,(H,25,26);3-6H,7-9,19H2,1-2H3,(H3,14,15,16,20);1-3,6,8H,4-5,7H2. The maximum atomic E-state index is 13.0. The molecule has 1 unspecified atom stereocenters. The number of nitrogens with one attached hydrogen (secondary N) is 2. The molecule has 2 saturated carbocycles. The smallest absolute Gasteiger partial charge is 0.206 e. The summed E-state index contributed by atoms with van der Waals surface area (Å²) in [5.74, 6) is 3.31. The Labute approximate surface area is 401 Å². The molecule has 0 radical (unpaired) electrons. The number of ketones is 2. The van der Waals surface area contributed by atoms with Crippen molar-refractivity contribution in [1.82, 2.24) is 14.8 Å². The molecule has 1 heterocycles. The van der Waals surface area contributed by atoms with Crippen molar-refractivity contribution in [2.75, 3.05) is 81.7 Å². The van der Waals surface area contributed by atoms with Gasteiger partial charge in [0.05, 0.1) is 5.33 Å². The lowest BCUT2D eigenvalue weighted by molar-refractivity contribution is 0.102. The summed E-state index contributed by atoms with van der Waals surface area (Å²) in [6, 6.07) is 31.1. The zero-order chi connectivity index (χ0) is 46.0. The quantitative estimate of drug-likeness (QED) is 0.0164. The molecule has 5 aromatic rings. The molecule has 7 rings (SSSR count). The minimum Gasteiger partial charge on any atom is -0.492 e. The van der Waals surface area contributed by atoms with Crippen molar-refractivity contribution in [3.8, 4) is 11.5 Å². The fourth-order valence-electron chi connectivity index (χ4n) is 5.94. The molecule has 64 heavy (non-hydrogen) atoms. The van der Waals surface area contributed by atoms with E-state index in [2.05, 4.69) is 67.7 Å². The molecule has 4 aromatic carbocycles. The van der Waals surface area contributed by atoms with E-state index >= 15 is 0 Å². The second kappa shape index (κ2) is 25.9. The number of aromatic nitrogens is 1. The lowest BCUT2D eigenvalue weighted by Gasteiger charge is -2.11. The molecule has 2 aliphatic rings. The summed E-state index contributed by atoms with van der Waals surface area (Å²) >= 11 is 11.0. The monoisotopic (exact) mass is 1000 g/mol. The van der Waals surface area contributed by atoms with Crippen molar-refractivity contribution in [3.05, 3.63) is 124 Å². The molecular formula is C47H58BrN8O4PS3. The Hall–Kier alpha value is -4.41. The number of carbonyl (C=O) groups is 2. The molecule has 12 nitrogen and oxygen atoms in total. The summed E-state index contributed by atoms with van der Waals surface area (Å²) in [6.45, 7) is 3.03. The summed E-state index contributed by atoms with van der Waals surface area (Å²) in [4.78, 5) is 37.4. The van der Waals surface area contributed by atoms with E-state index in [-0.39, 0.29) is 17.4 Å². The number of hydrogen-bond acceptors (Lipinski definition) is 12. The van der Waals surface area contributed by atoms with Crippen LogP contribution in [0.1, 0.15) is 74.2 Å². The fourth-order valence-corrected chi connectivity index (χ4v) is 8.25. The van der Waals surface area contributed by atoms with E-state index in [1.165, 1.54) is 59.9 Å². The van der Waals surface area contributed by atoms with Gasteiger partial charge in [-0.3, -0.25) is 9.59 Å². The van der Waals surface area contributed by atoms with Gasteiger partial charge in [-0.25, -0.2) is 4.98 Å². The molecule has 0 spiro atoms. The van der Waals surface area contributed by atoms with Crippen molar-refractivity contribution < 1.29 is 19.1 Å². The number of nitrogens with two attached hydrogens (primary N) is 2. The second-order valence-electron chi connectivity index (χ2n) is 15.6. The number of nitrogen functional groups attached to an aromatic ring is 1. The van der Waals surface area contributed by atoms with Crippen LogP contribution in [-0.2, 0) is 0 Å². The van der Waals surface area contributed by atoms with Crippen LogP contribution in [0.3, 0.4) is 0 Å². The predicted octanol–water partition coefficient (Wildman–Crippen LogP) is 9.86. The van der Waals surface area contributed by atoms with E-state index in [0.717, 1.165) is 52.9 Å². The van der Waals surface area contributed by atoms with Gasteiger partial charge in [0.15, 0.2) is 21.2 Å². The highest BCUT2D eigenvalue weighted by molar-refractivity contribution is 9.09. The number of alkyl halides is 1. The van der Waals surface area contributed by atoms with Crippen LogP contribution >= 0.6 is 60.5 Å². The second-order valence-corrected chi connectivity index (χ2v) is 19.6. The van der Waals surface area contributed by atoms with Crippen LogP contribution in [0.4, 0.5) is 22.3 Å². The number of nitrogens with zero attached hydrogens (tertiary/aromatic N) is 4. The number of benzene rings is 4. The number of anilines is 4. The van der Waals surface area contributed by atoms with Gasteiger partial charge in [0.2, 0.25) is 5.78 Å². The molecule has 2 aliphatic carbocycles. The Morgan fingerprint density at radius 1 is 0.844 bits per heavy atom. The Morgan fingerprint density at radius 3 is 1.86 bits per heavy atom. The predicted molar refractivity (Wildman–Crippen MR) is 279 cm³/mol. The molecule has 1 aromatic heterocycles. The summed E-state index contributed by atoms with van der Waals surface area (Å²) in [5, 5.41) is 8.04. The number of hydrogen-bond donors (Lipinski definition) is 4. The van der Waals surface area contributed by atoms with Crippen LogP contribution in [0.2, 0.25) is 0 Å². The Bertz CT molecular complexity index is 2320. The zero-order valence-electron chi connectivity index (χ0n) is 36.7. The number of ether oxygens (including phenoxy) is 2. The Balaban J connectivity index is 0.000000196. The normalized spacial score (nSPS) is 13.3. The summed E-state index contributed by atoms with van der Waals surface area (Å²) in [7, 11) is 10.6. The fraction of sp³-hybridized carbons (Fsp3) is 0.340. The molecule has 17 heteroatoms. The van der Waals surface area contributed by atoms with Gasteiger partial charge in [-0.05, 0) is 150 Å². The van der Waals surface area contributed by atoms with Gasteiger partial charge in [0, 0.05) is 41.1 Å². The van der Waals surface area contributed by atoms with Gasteiger partial charge in [-0.1, -0.05) is 75.4 Å². The average molecular weight is 1010 g/mol. The van der Waals surface area contributed by atoms with E-state index in [9.17, 15) is 9.59 Å². The highest BCUT2D eigenvalue weighted by Crippen LogP contribution is 2.41. The lowest BCUT2D eigenvalue weighted by Crippen LogP contribution is -2.19. The van der Waals surface area contributed by atoms with Crippen molar-refractivity contribution in [2.45, 2.75) is 37.5 Å². The first kappa shape index (κ1) is 50.6. The van der Waals surface area contributed by atoms with E-state index < -0.39 is 0 Å². The summed E-state index contributed by atoms with van der Waals surface area (Å²) in [6.07, 6.45) is 4.97. The van der Waals surface area contributed by atoms with Gasteiger partial charge >= 0.3 is 0 Å². The minimum absolute atomic E-state index is 0.0785. The first-order valence-electron chi connectivity index (χ1n) is 20.9. The third-order valence-electron chi connectivity index (χ3n) is 9.70. The molecule has 0 amide bonds. The molecule has 1 atom stereocenters. The van der Waals surface area contributed by atoms with E-state index in [1.807, 2.05) is 113 Å². The Kier molecular flexibility index (Phi) is 20.5. The van der Waals surface area contributed by atoms with Crippen LogP contribution in [-0.4, -0.2) is 102 Å². The SMILES string of the molecule is CN(C)CCOc1ccc(NC(=S)N=C(N)SCP)cc1.CN(C)CCOc1ccc(Nc2nc(N)c(C(=O)c3cccc(C4CC4)c3)s2)cc1.O=C(CBr)c1cccc(C2CC2)c1. The third kappa shape index (κ3) is 17.5. The van der Waals surface area contributed by atoms with Crippen molar-refractivity contribution in [3.63, 3.8) is 0 Å². The number of aliphatic imine (C=N–C) groups is 1. The van der Waals surface area contributed by atoms with Crippen molar-refractivity contribution in [2.24, 2.45) is 10.7 Å². The number of Topliss-reactive ketones (excluding diaryl/α,β-unsaturated/α-hetero) is 1. The van der Waals surface area contributed by atoms with Gasteiger partial charge in [0.1, 0.15) is 35.4 Å². The molecule has 6 N–H and O–H groups in total.